The zero-order chi connectivity index (χ0) is 14.0. The Morgan fingerprint density at radius 3 is 2.74 bits per heavy atom. The van der Waals surface area contributed by atoms with Crippen LogP contribution in [-0.4, -0.2) is 23.1 Å². The number of amides is 1. The number of phenolic OH excluding ortho intramolecular Hbond substituents is 1. The number of hydrogen-bond donors (Lipinski definition) is 2. The summed E-state index contributed by atoms with van der Waals surface area (Å²) in [5, 5.41) is 13.1. The number of nitrogens with one attached hydrogen (secondary N) is 1. The minimum absolute atomic E-state index is 0.157. The first-order valence-electron chi connectivity index (χ1n) is 5.64. The predicted octanol–water partition coefficient (Wildman–Crippen LogP) is 2.73. The number of aromatic nitrogens is 1. The molecule has 0 aliphatic rings. The molecule has 0 bridgehead atoms. The molecule has 0 aliphatic heterocycles. The summed E-state index contributed by atoms with van der Waals surface area (Å²) in [6, 6.07) is 4.76. The molecule has 0 fully saturated rings. The molecule has 100 valence electrons. The number of benzene rings is 1. The molecule has 1 heterocycles. The van der Waals surface area contributed by atoms with Crippen LogP contribution in [0.3, 0.4) is 0 Å². The summed E-state index contributed by atoms with van der Waals surface area (Å²) in [7, 11) is 1.43. The van der Waals surface area contributed by atoms with E-state index < -0.39 is 5.91 Å². The Hall–Kier alpha value is -2.08. The van der Waals surface area contributed by atoms with Gasteiger partial charge >= 0.3 is 0 Å². The number of anilines is 1. The summed E-state index contributed by atoms with van der Waals surface area (Å²) in [5.74, 6) is -0.322. The first-order valence-corrected chi connectivity index (χ1v) is 6.46. The zero-order valence-electron chi connectivity index (χ0n) is 10.9. The molecule has 1 aromatic carbocycles. The second-order valence-electron chi connectivity index (χ2n) is 3.97. The fraction of sp³-hybridized carbons (Fsp3) is 0.231. The van der Waals surface area contributed by atoms with Crippen LogP contribution in [0.25, 0.3) is 0 Å². The van der Waals surface area contributed by atoms with Gasteiger partial charge in [0, 0.05) is 4.88 Å². The molecule has 2 aromatic rings. The molecule has 2 rings (SSSR count). The van der Waals surface area contributed by atoms with Gasteiger partial charge in [-0.15, -0.1) is 11.3 Å². The average molecular weight is 278 g/mol. The molecule has 0 unspecified atom stereocenters. The minimum atomic E-state index is -0.412. The largest absolute Gasteiger partial charge is 0.504 e. The maximum atomic E-state index is 12.1. The molecule has 2 N–H and O–H groups in total. The number of carbonyl (C=O) groups is 1. The van der Waals surface area contributed by atoms with Gasteiger partial charge in [-0.2, -0.15) is 0 Å². The zero-order valence-corrected chi connectivity index (χ0v) is 11.7. The van der Waals surface area contributed by atoms with Crippen LogP contribution in [0, 0.1) is 13.8 Å². The van der Waals surface area contributed by atoms with E-state index in [1.807, 2.05) is 13.8 Å². The second-order valence-corrected chi connectivity index (χ2v) is 5.17. The lowest BCUT2D eigenvalue weighted by Gasteiger charge is -2.07. The average Bonchev–Trinajstić information content (AvgIpc) is 2.68. The Morgan fingerprint density at radius 2 is 2.16 bits per heavy atom. The van der Waals surface area contributed by atoms with Crippen molar-refractivity contribution in [2.45, 2.75) is 13.8 Å². The van der Waals surface area contributed by atoms with Crippen molar-refractivity contribution >= 4 is 22.4 Å². The maximum absolute atomic E-state index is 12.1. The Balaban J connectivity index is 2.25. The summed E-state index contributed by atoms with van der Waals surface area (Å²) in [4.78, 5) is 17.3. The fourth-order valence-electron chi connectivity index (χ4n) is 1.56. The van der Waals surface area contributed by atoms with E-state index in [2.05, 4.69) is 10.3 Å². The Kier molecular flexibility index (Phi) is 3.71. The van der Waals surface area contributed by atoms with Crippen LogP contribution in [0.4, 0.5) is 5.13 Å². The van der Waals surface area contributed by atoms with Gasteiger partial charge in [0.25, 0.3) is 5.91 Å². The Labute approximate surface area is 114 Å². The van der Waals surface area contributed by atoms with Crippen molar-refractivity contribution in [1.29, 1.82) is 0 Å². The smallest absolute Gasteiger partial charge is 0.261 e. The van der Waals surface area contributed by atoms with Gasteiger partial charge in [-0.1, -0.05) is 6.07 Å². The molecule has 0 saturated carbocycles. The number of nitrogens with zero attached hydrogens (tertiary/aromatic N) is 1. The Bertz CT molecular complexity index is 603. The molecule has 0 spiro atoms. The number of thiazole rings is 1. The van der Waals surface area contributed by atoms with Crippen molar-refractivity contribution in [1.82, 2.24) is 4.98 Å². The highest BCUT2D eigenvalue weighted by Crippen LogP contribution is 2.30. The minimum Gasteiger partial charge on any atom is -0.504 e. The SMILES string of the molecule is COc1cccc(C(=O)Nc2nc(C)c(C)s2)c1O. The van der Waals surface area contributed by atoms with E-state index >= 15 is 0 Å². The van der Waals surface area contributed by atoms with E-state index in [-0.39, 0.29) is 17.1 Å². The topological polar surface area (TPSA) is 71.5 Å². The van der Waals surface area contributed by atoms with Crippen molar-refractivity contribution in [3.63, 3.8) is 0 Å². The van der Waals surface area contributed by atoms with E-state index in [0.717, 1.165) is 10.6 Å². The molecule has 19 heavy (non-hydrogen) atoms. The van der Waals surface area contributed by atoms with Gasteiger partial charge in [-0.3, -0.25) is 10.1 Å². The van der Waals surface area contributed by atoms with E-state index in [9.17, 15) is 9.90 Å². The summed E-state index contributed by atoms with van der Waals surface area (Å²) in [6.07, 6.45) is 0. The first-order chi connectivity index (χ1) is 9.02. The van der Waals surface area contributed by atoms with E-state index in [1.165, 1.54) is 24.5 Å². The van der Waals surface area contributed by atoms with Crippen LogP contribution in [-0.2, 0) is 0 Å². The number of para-hydroxylation sites is 1. The van der Waals surface area contributed by atoms with Crippen LogP contribution < -0.4 is 10.1 Å². The van der Waals surface area contributed by atoms with Crippen LogP contribution in [0.15, 0.2) is 18.2 Å². The van der Waals surface area contributed by atoms with Gasteiger partial charge in [0.05, 0.1) is 18.4 Å². The van der Waals surface area contributed by atoms with Crippen molar-refractivity contribution in [2.24, 2.45) is 0 Å². The van der Waals surface area contributed by atoms with Crippen LogP contribution in [0.1, 0.15) is 20.9 Å². The van der Waals surface area contributed by atoms with Gasteiger partial charge in [0.15, 0.2) is 16.6 Å². The monoisotopic (exact) mass is 278 g/mol. The maximum Gasteiger partial charge on any atom is 0.261 e. The molecule has 6 heteroatoms. The molecule has 0 saturated heterocycles. The number of aryl methyl sites for hydroxylation is 2. The third-order valence-corrected chi connectivity index (χ3v) is 3.70. The van der Waals surface area contributed by atoms with Gasteiger partial charge in [0.1, 0.15) is 0 Å². The molecular weight excluding hydrogens is 264 g/mol. The Morgan fingerprint density at radius 1 is 1.42 bits per heavy atom. The standard InChI is InChI=1S/C13H14N2O3S/c1-7-8(2)19-13(14-7)15-12(17)9-5-4-6-10(18-3)11(9)16/h4-6,16H,1-3H3,(H,14,15,17). The highest BCUT2D eigenvalue weighted by molar-refractivity contribution is 7.15. The summed E-state index contributed by atoms with van der Waals surface area (Å²) >= 11 is 1.40. The van der Waals surface area contributed by atoms with Gasteiger partial charge in [-0.05, 0) is 26.0 Å². The van der Waals surface area contributed by atoms with Crippen LogP contribution >= 0.6 is 11.3 Å². The van der Waals surface area contributed by atoms with Crippen molar-refractivity contribution in [3.05, 3.63) is 34.3 Å². The lowest BCUT2D eigenvalue weighted by atomic mass is 10.2. The molecule has 0 radical (unpaired) electrons. The van der Waals surface area contributed by atoms with Crippen molar-refractivity contribution in [3.8, 4) is 11.5 Å². The van der Waals surface area contributed by atoms with E-state index in [1.54, 1.807) is 12.1 Å². The molecular formula is C13H14N2O3S. The van der Waals surface area contributed by atoms with Crippen LogP contribution in [0.5, 0.6) is 11.5 Å². The predicted molar refractivity (Wildman–Crippen MR) is 74.2 cm³/mol. The summed E-state index contributed by atoms with van der Waals surface area (Å²) in [5.41, 5.74) is 1.04. The third-order valence-electron chi connectivity index (χ3n) is 2.71. The number of ether oxygens (including phenoxy) is 1. The quantitative estimate of drug-likeness (QED) is 0.905. The highest BCUT2D eigenvalue weighted by atomic mass is 32.1. The first kappa shape index (κ1) is 13.4. The number of phenols is 1. The highest BCUT2D eigenvalue weighted by Gasteiger charge is 2.16. The number of methoxy groups -OCH3 is 1. The second kappa shape index (κ2) is 5.27. The molecule has 1 amide bonds. The van der Waals surface area contributed by atoms with E-state index in [0.29, 0.717) is 5.13 Å². The van der Waals surface area contributed by atoms with E-state index in [4.69, 9.17) is 4.74 Å². The summed E-state index contributed by atoms with van der Waals surface area (Å²) < 4.78 is 4.97. The normalized spacial score (nSPS) is 10.3. The number of carbonyl (C=O) groups excluding carboxylic acids is 1. The number of rotatable bonds is 3. The lowest BCUT2D eigenvalue weighted by Crippen LogP contribution is -2.12. The van der Waals surface area contributed by atoms with Gasteiger partial charge in [-0.25, -0.2) is 4.98 Å². The molecule has 0 atom stereocenters. The number of aromatic hydroxyl groups is 1. The van der Waals surface area contributed by atoms with Crippen molar-refractivity contribution < 1.29 is 14.6 Å². The lowest BCUT2D eigenvalue weighted by molar-refractivity contribution is 0.102. The van der Waals surface area contributed by atoms with Gasteiger partial charge < -0.3 is 9.84 Å². The third kappa shape index (κ3) is 2.68. The molecule has 0 aliphatic carbocycles. The molecule has 5 nitrogen and oxygen atoms in total. The fourth-order valence-corrected chi connectivity index (χ4v) is 2.37. The van der Waals surface area contributed by atoms with Crippen LogP contribution in [0.2, 0.25) is 0 Å². The van der Waals surface area contributed by atoms with Crippen molar-refractivity contribution in [2.75, 3.05) is 12.4 Å². The molecule has 1 aromatic heterocycles. The van der Waals surface area contributed by atoms with Gasteiger partial charge in [0.2, 0.25) is 0 Å². The summed E-state index contributed by atoms with van der Waals surface area (Å²) in [6.45, 7) is 3.82. The number of hydrogen-bond acceptors (Lipinski definition) is 5.